The molecule has 0 fully saturated rings. The zero-order valence-corrected chi connectivity index (χ0v) is 11.9. The highest BCUT2D eigenvalue weighted by molar-refractivity contribution is 7.98. The first-order valence-corrected chi connectivity index (χ1v) is 7.79. The lowest BCUT2D eigenvalue weighted by Crippen LogP contribution is -2.38. The molecule has 94 valence electrons. The van der Waals surface area contributed by atoms with Crippen molar-refractivity contribution in [2.24, 2.45) is 5.92 Å². The van der Waals surface area contributed by atoms with Gasteiger partial charge < -0.3 is 5.32 Å². The predicted octanol–water partition coefficient (Wildman–Crippen LogP) is 4.00. The Bertz CT molecular complexity index is 362. The molecule has 0 amide bonds. The van der Waals surface area contributed by atoms with Crippen molar-refractivity contribution >= 4 is 11.8 Å². The van der Waals surface area contributed by atoms with Crippen LogP contribution in [0, 0.1) is 5.92 Å². The van der Waals surface area contributed by atoms with Crippen LogP contribution < -0.4 is 5.32 Å². The minimum absolute atomic E-state index is 0.539. The van der Waals surface area contributed by atoms with Crippen LogP contribution in [0.5, 0.6) is 0 Å². The lowest BCUT2D eigenvalue weighted by atomic mass is 9.97. The van der Waals surface area contributed by atoms with Gasteiger partial charge in [-0.3, -0.25) is 0 Å². The van der Waals surface area contributed by atoms with Crippen LogP contribution in [-0.2, 0) is 5.75 Å². The quantitative estimate of drug-likeness (QED) is 0.865. The molecule has 0 bridgehead atoms. The van der Waals surface area contributed by atoms with Crippen LogP contribution in [0.2, 0.25) is 0 Å². The summed E-state index contributed by atoms with van der Waals surface area (Å²) in [4.78, 5) is 0. The highest BCUT2D eigenvalue weighted by Gasteiger charge is 2.23. The van der Waals surface area contributed by atoms with Crippen LogP contribution in [0.15, 0.2) is 24.3 Å². The molecule has 0 radical (unpaired) electrons. The third kappa shape index (κ3) is 3.05. The molecule has 1 aromatic carbocycles. The Kier molecular flexibility index (Phi) is 4.52. The van der Waals surface area contributed by atoms with Gasteiger partial charge in [0.25, 0.3) is 0 Å². The summed E-state index contributed by atoms with van der Waals surface area (Å²) in [6, 6.07) is 10.1. The van der Waals surface area contributed by atoms with E-state index in [0.717, 1.165) is 0 Å². The first-order valence-electron chi connectivity index (χ1n) is 6.64. The zero-order chi connectivity index (χ0) is 12.3. The maximum Gasteiger partial charge on any atom is 0.0417 e. The second-order valence-electron chi connectivity index (χ2n) is 5.19. The highest BCUT2D eigenvalue weighted by atomic mass is 32.2. The predicted molar refractivity (Wildman–Crippen MR) is 77.4 cm³/mol. The Labute approximate surface area is 109 Å². The van der Waals surface area contributed by atoms with E-state index in [0.29, 0.717) is 18.0 Å². The van der Waals surface area contributed by atoms with E-state index in [9.17, 15) is 0 Å². The van der Waals surface area contributed by atoms with Gasteiger partial charge in [-0.05, 0) is 23.5 Å². The summed E-state index contributed by atoms with van der Waals surface area (Å²) in [6.07, 6.45) is 1.21. The minimum Gasteiger partial charge on any atom is -0.306 e. The number of fused-ring (bicyclic) bond motifs is 1. The van der Waals surface area contributed by atoms with Crippen molar-refractivity contribution < 1.29 is 0 Å². The second-order valence-corrected chi connectivity index (χ2v) is 6.22. The van der Waals surface area contributed by atoms with Crippen molar-refractivity contribution in [3.63, 3.8) is 0 Å². The topological polar surface area (TPSA) is 12.0 Å². The maximum absolute atomic E-state index is 3.84. The van der Waals surface area contributed by atoms with E-state index in [4.69, 9.17) is 0 Å². The molecule has 1 aromatic rings. The summed E-state index contributed by atoms with van der Waals surface area (Å²) < 4.78 is 0. The fourth-order valence-corrected chi connectivity index (χ4v) is 3.67. The van der Waals surface area contributed by atoms with E-state index in [1.807, 2.05) is 11.8 Å². The van der Waals surface area contributed by atoms with E-state index in [2.05, 4.69) is 50.4 Å². The molecule has 0 saturated heterocycles. The molecule has 2 atom stereocenters. The van der Waals surface area contributed by atoms with Crippen molar-refractivity contribution in [1.29, 1.82) is 0 Å². The van der Waals surface area contributed by atoms with Crippen LogP contribution in [0.4, 0.5) is 0 Å². The van der Waals surface area contributed by atoms with Crippen molar-refractivity contribution in [3.8, 4) is 0 Å². The maximum atomic E-state index is 3.84. The Morgan fingerprint density at radius 3 is 2.82 bits per heavy atom. The molecule has 2 heteroatoms. The second kappa shape index (κ2) is 5.92. The lowest BCUT2D eigenvalue weighted by molar-refractivity contribution is 0.356. The number of benzene rings is 1. The molecule has 1 aliphatic heterocycles. The molecule has 0 saturated carbocycles. The third-order valence-electron chi connectivity index (χ3n) is 3.63. The summed E-state index contributed by atoms with van der Waals surface area (Å²) in [5.41, 5.74) is 3.03. The smallest absolute Gasteiger partial charge is 0.0417 e. The number of hydrogen-bond donors (Lipinski definition) is 1. The van der Waals surface area contributed by atoms with Crippen LogP contribution >= 0.6 is 11.8 Å². The SMILES string of the molecule is CCC(NC1CSCc2ccccc21)C(C)C. The van der Waals surface area contributed by atoms with E-state index in [1.54, 1.807) is 0 Å². The molecule has 1 N–H and O–H groups in total. The van der Waals surface area contributed by atoms with E-state index in [1.165, 1.54) is 29.1 Å². The van der Waals surface area contributed by atoms with Crippen molar-refractivity contribution in [1.82, 2.24) is 5.32 Å². The average Bonchev–Trinajstić information content (AvgIpc) is 2.35. The molecule has 2 rings (SSSR count). The van der Waals surface area contributed by atoms with Crippen molar-refractivity contribution in [2.75, 3.05) is 5.75 Å². The molecular formula is C15H23NS. The number of thioether (sulfide) groups is 1. The van der Waals surface area contributed by atoms with Gasteiger partial charge in [-0.1, -0.05) is 45.0 Å². The minimum atomic E-state index is 0.539. The van der Waals surface area contributed by atoms with Gasteiger partial charge in [0.05, 0.1) is 0 Å². The van der Waals surface area contributed by atoms with Gasteiger partial charge >= 0.3 is 0 Å². The Balaban J connectivity index is 2.13. The Morgan fingerprint density at radius 1 is 1.35 bits per heavy atom. The first-order chi connectivity index (χ1) is 8.22. The van der Waals surface area contributed by atoms with Gasteiger partial charge in [0, 0.05) is 23.6 Å². The third-order valence-corrected chi connectivity index (χ3v) is 4.72. The number of hydrogen-bond acceptors (Lipinski definition) is 2. The van der Waals surface area contributed by atoms with Crippen LogP contribution in [0.3, 0.4) is 0 Å². The molecule has 0 aliphatic carbocycles. The van der Waals surface area contributed by atoms with Crippen molar-refractivity contribution in [2.45, 2.75) is 45.0 Å². The molecular weight excluding hydrogens is 226 g/mol. The summed E-state index contributed by atoms with van der Waals surface area (Å²) in [5, 5.41) is 3.84. The molecule has 1 nitrogen and oxygen atoms in total. The zero-order valence-electron chi connectivity index (χ0n) is 11.1. The van der Waals surface area contributed by atoms with E-state index < -0.39 is 0 Å². The number of nitrogens with one attached hydrogen (secondary N) is 1. The molecule has 1 aliphatic rings. The standard InChI is InChI=1S/C15H23NS/c1-4-14(11(2)3)16-15-10-17-9-12-7-5-6-8-13(12)15/h5-8,11,14-16H,4,9-10H2,1-3H3. The fraction of sp³-hybridized carbons (Fsp3) is 0.600. The van der Waals surface area contributed by atoms with Gasteiger partial charge in [0.15, 0.2) is 0 Å². The molecule has 2 unspecified atom stereocenters. The van der Waals surface area contributed by atoms with Crippen molar-refractivity contribution in [3.05, 3.63) is 35.4 Å². The Morgan fingerprint density at radius 2 is 2.12 bits per heavy atom. The van der Waals surface area contributed by atoms with Crippen LogP contribution in [-0.4, -0.2) is 11.8 Å². The van der Waals surface area contributed by atoms with E-state index >= 15 is 0 Å². The van der Waals surface area contributed by atoms with E-state index in [-0.39, 0.29) is 0 Å². The summed E-state index contributed by atoms with van der Waals surface area (Å²) >= 11 is 2.05. The average molecular weight is 249 g/mol. The monoisotopic (exact) mass is 249 g/mol. The highest BCUT2D eigenvalue weighted by Crippen LogP contribution is 2.32. The molecule has 1 heterocycles. The lowest BCUT2D eigenvalue weighted by Gasteiger charge is -2.31. The summed E-state index contributed by atoms with van der Waals surface area (Å²) in [7, 11) is 0. The molecule has 0 aromatic heterocycles. The largest absolute Gasteiger partial charge is 0.306 e. The molecule has 17 heavy (non-hydrogen) atoms. The van der Waals surface area contributed by atoms with Gasteiger partial charge in [-0.2, -0.15) is 11.8 Å². The number of rotatable bonds is 4. The summed E-state index contributed by atoms with van der Waals surface area (Å²) in [5.74, 6) is 3.09. The fourth-order valence-electron chi connectivity index (χ4n) is 2.56. The first kappa shape index (κ1) is 13.0. The normalized spacial score (nSPS) is 21.3. The van der Waals surface area contributed by atoms with Crippen LogP contribution in [0.25, 0.3) is 0 Å². The van der Waals surface area contributed by atoms with Gasteiger partial charge in [0.2, 0.25) is 0 Å². The van der Waals surface area contributed by atoms with Gasteiger partial charge in [-0.15, -0.1) is 0 Å². The van der Waals surface area contributed by atoms with Gasteiger partial charge in [0.1, 0.15) is 0 Å². The van der Waals surface area contributed by atoms with Gasteiger partial charge in [-0.25, -0.2) is 0 Å². The van der Waals surface area contributed by atoms with Crippen LogP contribution in [0.1, 0.15) is 44.4 Å². The molecule has 0 spiro atoms. The summed E-state index contributed by atoms with van der Waals surface area (Å²) in [6.45, 7) is 6.89. The Hall–Kier alpha value is -0.470.